The van der Waals surface area contributed by atoms with E-state index in [9.17, 15) is 0 Å². The lowest BCUT2D eigenvalue weighted by Gasteiger charge is -2.42. The van der Waals surface area contributed by atoms with E-state index in [0.29, 0.717) is 5.54 Å². The Morgan fingerprint density at radius 3 is 2.73 bits per heavy atom. The van der Waals surface area contributed by atoms with E-state index >= 15 is 0 Å². The summed E-state index contributed by atoms with van der Waals surface area (Å²) in [5.41, 5.74) is 0.443. The summed E-state index contributed by atoms with van der Waals surface area (Å²) in [5, 5.41) is 0. The van der Waals surface area contributed by atoms with Gasteiger partial charge in [0.05, 0.1) is 0 Å². The summed E-state index contributed by atoms with van der Waals surface area (Å²) in [6.45, 7) is 9.53. The van der Waals surface area contributed by atoms with Gasteiger partial charge in [0.1, 0.15) is 0 Å². The third kappa shape index (κ3) is 2.38. The Hall–Kier alpha value is 0.310. The van der Waals surface area contributed by atoms with E-state index in [4.69, 9.17) is 0 Å². The first-order valence-electron chi connectivity index (χ1n) is 4.49. The molecule has 0 saturated carbocycles. The second kappa shape index (κ2) is 3.81. The summed E-state index contributed by atoms with van der Waals surface area (Å²) < 4.78 is 0. The molecule has 11 heavy (non-hydrogen) atoms. The molecule has 0 aromatic rings. The van der Waals surface area contributed by atoms with Crippen molar-refractivity contribution in [2.24, 2.45) is 0 Å². The van der Waals surface area contributed by atoms with Gasteiger partial charge in [-0.15, -0.1) is 0 Å². The molecule has 0 aromatic heterocycles. The molecule has 1 aliphatic rings. The van der Waals surface area contributed by atoms with Gasteiger partial charge >= 0.3 is 0 Å². The van der Waals surface area contributed by atoms with Crippen molar-refractivity contribution in [3.63, 3.8) is 0 Å². The minimum absolute atomic E-state index is 0.443. The molecule has 66 valence electrons. The summed E-state index contributed by atoms with van der Waals surface area (Å²) >= 11 is 2.09. The van der Waals surface area contributed by atoms with E-state index in [1.807, 2.05) is 0 Å². The minimum atomic E-state index is 0.443. The van der Waals surface area contributed by atoms with E-state index in [1.54, 1.807) is 0 Å². The molecular weight excluding hydrogens is 154 g/mol. The van der Waals surface area contributed by atoms with Crippen LogP contribution in [-0.2, 0) is 0 Å². The van der Waals surface area contributed by atoms with Crippen molar-refractivity contribution in [3.8, 4) is 0 Å². The molecule has 0 radical (unpaired) electrons. The van der Waals surface area contributed by atoms with Crippen LogP contribution in [0.25, 0.3) is 0 Å². The van der Waals surface area contributed by atoms with Crippen LogP contribution in [0.2, 0.25) is 0 Å². The van der Waals surface area contributed by atoms with E-state index < -0.39 is 0 Å². The highest BCUT2D eigenvalue weighted by atomic mass is 32.2. The highest BCUT2D eigenvalue weighted by Gasteiger charge is 2.28. The number of nitrogens with zero attached hydrogens (tertiary/aromatic N) is 1. The van der Waals surface area contributed by atoms with Crippen molar-refractivity contribution in [2.45, 2.75) is 32.7 Å². The first kappa shape index (κ1) is 9.40. The fraction of sp³-hybridized carbons (Fsp3) is 1.00. The second-order valence-corrected chi connectivity index (χ2v) is 4.96. The van der Waals surface area contributed by atoms with Crippen LogP contribution < -0.4 is 0 Å². The Bertz CT molecular complexity index is 121. The first-order chi connectivity index (χ1) is 5.17. The highest BCUT2D eigenvalue weighted by molar-refractivity contribution is 7.99. The Morgan fingerprint density at radius 2 is 2.18 bits per heavy atom. The Kier molecular flexibility index (Phi) is 3.26. The minimum Gasteiger partial charge on any atom is -0.297 e. The van der Waals surface area contributed by atoms with Gasteiger partial charge in [-0.1, -0.05) is 6.92 Å². The molecular formula is C9H19NS. The normalized spacial score (nSPS) is 25.4. The van der Waals surface area contributed by atoms with Crippen LogP contribution in [0.4, 0.5) is 0 Å². The van der Waals surface area contributed by atoms with Gasteiger partial charge in [-0.2, -0.15) is 11.8 Å². The number of hydrogen-bond acceptors (Lipinski definition) is 2. The van der Waals surface area contributed by atoms with Crippen LogP contribution in [0.1, 0.15) is 27.2 Å². The molecule has 0 aliphatic carbocycles. The lowest BCUT2D eigenvalue weighted by molar-refractivity contribution is 0.145. The molecule has 1 nitrogen and oxygen atoms in total. The van der Waals surface area contributed by atoms with Crippen molar-refractivity contribution in [2.75, 3.05) is 24.6 Å². The lowest BCUT2D eigenvalue weighted by atomic mass is 10.1. The molecule has 0 aromatic carbocycles. The zero-order valence-electron chi connectivity index (χ0n) is 7.89. The van der Waals surface area contributed by atoms with Crippen LogP contribution in [0.3, 0.4) is 0 Å². The molecule has 0 unspecified atom stereocenters. The number of hydrogen-bond donors (Lipinski definition) is 0. The van der Waals surface area contributed by atoms with Crippen LogP contribution in [0, 0.1) is 0 Å². The van der Waals surface area contributed by atoms with Crippen LogP contribution >= 0.6 is 11.8 Å². The van der Waals surface area contributed by atoms with Gasteiger partial charge < -0.3 is 0 Å². The van der Waals surface area contributed by atoms with Crippen molar-refractivity contribution >= 4 is 11.8 Å². The Morgan fingerprint density at radius 1 is 1.45 bits per heavy atom. The molecule has 1 fully saturated rings. The van der Waals surface area contributed by atoms with Gasteiger partial charge in [-0.3, -0.25) is 4.90 Å². The molecule has 0 amide bonds. The van der Waals surface area contributed by atoms with Crippen molar-refractivity contribution < 1.29 is 0 Å². The lowest BCUT2D eigenvalue weighted by Crippen LogP contribution is -2.50. The molecule has 0 bridgehead atoms. The second-order valence-electron chi connectivity index (χ2n) is 3.85. The van der Waals surface area contributed by atoms with Crippen LogP contribution in [0.5, 0.6) is 0 Å². The van der Waals surface area contributed by atoms with Crippen molar-refractivity contribution in [3.05, 3.63) is 0 Å². The average molecular weight is 173 g/mol. The van der Waals surface area contributed by atoms with Gasteiger partial charge in [-0.25, -0.2) is 0 Å². The number of thioether (sulfide) groups is 1. The molecule has 0 atom stereocenters. The van der Waals surface area contributed by atoms with E-state index in [1.165, 1.54) is 31.0 Å². The van der Waals surface area contributed by atoms with Crippen LogP contribution in [0.15, 0.2) is 0 Å². The average Bonchev–Trinajstić information content (AvgIpc) is 1.94. The third-order valence-electron chi connectivity index (χ3n) is 2.31. The fourth-order valence-electron chi connectivity index (χ4n) is 1.58. The largest absolute Gasteiger partial charge is 0.297 e. The van der Waals surface area contributed by atoms with Gasteiger partial charge in [-0.05, 0) is 26.8 Å². The van der Waals surface area contributed by atoms with Gasteiger partial charge in [0.15, 0.2) is 0 Å². The number of rotatable bonds is 2. The summed E-state index contributed by atoms with van der Waals surface area (Å²) in [4.78, 5) is 2.61. The van der Waals surface area contributed by atoms with Crippen LogP contribution in [-0.4, -0.2) is 35.0 Å². The molecule has 1 saturated heterocycles. The quantitative estimate of drug-likeness (QED) is 0.630. The topological polar surface area (TPSA) is 3.24 Å². The van der Waals surface area contributed by atoms with Crippen molar-refractivity contribution in [1.29, 1.82) is 0 Å². The monoisotopic (exact) mass is 173 g/mol. The maximum absolute atomic E-state index is 2.61. The Labute approximate surface area is 74.5 Å². The van der Waals surface area contributed by atoms with Gasteiger partial charge in [0.25, 0.3) is 0 Å². The van der Waals surface area contributed by atoms with E-state index in [0.717, 1.165) is 0 Å². The maximum atomic E-state index is 2.61. The zero-order chi connectivity index (χ0) is 8.32. The third-order valence-corrected chi connectivity index (χ3v) is 3.69. The van der Waals surface area contributed by atoms with E-state index in [-0.39, 0.29) is 0 Å². The first-order valence-corrected chi connectivity index (χ1v) is 5.65. The van der Waals surface area contributed by atoms with E-state index in [2.05, 4.69) is 37.4 Å². The molecule has 1 rings (SSSR count). The summed E-state index contributed by atoms with van der Waals surface area (Å²) in [6.07, 6.45) is 1.29. The maximum Gasteiger partial charge on any atom is 0.0243 e. The molecule has 2 heteroatoms. The molecule has 0 spiro atoms. The molecule has 0 N–H and O–H groups in total. The molecule has 1 aliphatic heterocycles. The smallest absolute Gasteiger partial charge is 0.0243 e. The summed E-state index contributed by atoms with van der Waals surface area (Å²) in [7, 11) is 0. The molecule has 1 heterocycles. The van der Waals surface area contributed by atoms with Gasteiger partial charge in [0, 0.05) is 23.6 Å². The summed E-state index contributed by atoms with van der Waals surface area (Å²) in [5.74, 6) is 2.62. The zero-order valence-corrected chi connectivity index (χ0v) is 8.71. The predicted octanol–water partition coefficient (Wildman–Crippen LogP) is 2.22. The Balaban J connectivity index is 2.45. The highest BCUT2D eigenvalue weighted by Crippen LogP contribution is 2.25. The fourth-order valence-corrected chi connectivity index (χ4v) is 2.75. The van der Waals surface area contributed by atoms with Crippen molar-refractivity contribution in [1.82, 2.24) is 4.90 Å². The SMILES string of the molecule is CCCN1CCSCC1(C)C. The predicted molar refractivity (Wildman–Crippen MR) is 53.3 cm³/mol. The van der Waals surface area contributed by atoms with Gasteiger partial charge in [0.2, 0.25) is 0 Å². The standard InChI is InChI=1S/C9H19NS/c1-4-5-10-6-7-11-8-9(10,2)3/h4-8H2,1-3H3. The summed E-state index contributed by atoms with van der Waals surface area (Å²) in [6, 6.07) is 0.